The molecule has 1 aliphatic rings. The lowest BCUT2D eigenvalue weighted by Gasteiger charge is -2.33. The number of aromatic nitrogens is 3. The van der Waals surface area contributed by atoms with E-state index in [-0.39, 0.29) is 18.0 Å². The minimum absolute atomic E-state index is 0.0668. The molecule has 0 spiro atoms. The first-order chi connectivity index (χ1) is 12.0. The van der Waals surface area contributed by atoms with Gasteiger partial charge in [-0.1, -0.05) is 11.6 Å². The average Bonchev–Trinajstić information content (AvgIpc) is 3.02. The summed E-state index contributed by atoms with van der Waals surface area (Å²) in [6, 6.07) is 1.41. The summed E-state index contributed by atoms with van der Waals surface area (Å²) in [6.07, 6.45) is 6.40. The molecule has 8 nitrogen and oxygen atoms in total. The van der Waals surface area contributed by atoms with Crippen LogP contribution in [0.25, 0.3) is 0 Å². The van der Waals surface area contributed by atoms with Crippen LogP contribution < -0.4 is 10.6 Å². The van der Waals surface area contributed by atoms with Crippen LogP contribution in [0.4, 0.5) is 5.82 Å². The number of nitrogens with two attached hydrogens (primary N) is 1. The molecule has 0 unspecified atom stereocenters. The van der Waals surface area contributed by atoms with E-state index in [1.807, 2.05) is 4.90 Å². The van der Waals surface area contributed by atoms with Crippen molar-refractivity contribution in [1.29, 1.82) is 0 Å². The number of carbonyl (C=O) groups is 2. The van der Waals surface area contributed by atoms with Crippen molar-refractivity contribution in [3.05, 3.63) is 41.1 Å². The maximum Gasteiger partial charge on any atom is 0.337 e. The van der Waals surface area contributed by atoms with E-state index in [0.29, 0.717) is 23.9 Å². The molecule has 2 aromatic heterocycles. The molecule has 0 radical (unpaired) electrons. The normalized spacial score (nSPS) is 15.3. The van der Waals surface area contributed by atoms with Crippen molar-refractivity contribution in [1.82, 2.24) is 14.5 Å². The maximum absolute atomic E-state index is 11.2. The number of carboxylic acid groups (broad SMARTS) is 1. The molecule has 0 aliphatic carbocycles. The van der Waals surface area contributed by atoms with Crippen LogP contribution in [0.3, 0.4) is 0 Å². The molecule has 3 heterocycles. The van der Waals surface area contributed by atoms with Gasteiger partial charge in [-0.05, 0) is 18.9 Å². The van der Waals surface area contributed by atoms with Crippen molar-refractivity contribution in [3.8, 4) is 0 Å². The molecule has 2 aromatic rings. The van der Waals surface area contributed by atoms with Crippen LogP contribution in [0, 0.1) is 0 Å². The fourth-order valence-corrected chi connectivity index (χ4v) is 3.40. The molecule has 1 amide bonds. The predicted molar refractivity (Wildman–Crippen MR) is 91.8 cm³/mol. The molecule has 0 saturated carbocycles. The average molecular weight is 364 g/mol. The molecule has 1 saturated heterocycles. The Balaban J connectivity index is 1.69. The number of primary amides is 1. The van der Waals surface area contributed by atoms with Gasteiger partial charge in [0.15, 0.2) is 0 Å². The van der Waals surface area contributed by atoms with Crippen molar-refractivity contribution in [2.24, 2.45) is 5.73 Å². The Morgan fingerprint density at radius 2 is 2.04 bits per heavy atom. The SMILES string of the molecule is NC(=O)Cn1ccnc1C1CCN(c2ncc(C(=O)O)cc2Cl)CC1. The molecule has 0 atom stereocenters. The second-order valence-corrected chi connectivity index (χ2v) is 6.38. The van der Waals surface area contributed by atoms with Crippen LogP contribution in [-0.2, 0) is 11.3 Å². The number of rotatable bonds is 5. The number of hydrogen-bond acceptors (Lipinski definition) is 5. The third-order valence-corrected chi connectivity index (χ3v) is 4.58. The summed E-state index contributed by atoms with van der Waals surface area (Å²) in [4.78, 5) is 32.7. The molecule has 9 heteroatoms. The highest BCUT2D eigenvalue weighted by Crippen LogP contribution is 2.32. The van der Waals surface area contributed by atoms with E-state index in [2.05, 4.69) is 9.97 Å². The third kappa shape index (κ3) is 3.74. The molecule has 3 rings (SSSR count). The van der Waals surface area contributed by atoms with Crippen LogP contribution in [0.15, 0.2) is 24.7 Å². The van der Waals surface area contributed by atoms with Gasteiger partial charge in [-0.3, -0.25) is 4.79 Å². The maximum atomic E-state index is 11.2. The van der Waals surface area contributed by atoms with Gasteiger partial charge in [0.2, 0.25) is 5.91 Å². The van der Waals surface area contributed by atoms with E-state index < -0.39 is 11.9 Å². The summed E-state index contributed by atoms with van der Waals surface area (Å²) in [6.45, 7) is 1.56. The largest absolute Gasteiger partial charge is 0.478 e. The van der Waals surface area contributed by atoms with Crippen molar-refractivity contribution < 1.29 is 14.7 Å². The highest BCUT2D eigenvalue weighted by Gasteiger charge is 2.26. The van der Waals surface area contributed by atoms with Crippen LogP contribution in [0.1, 0.15) is 34.9 Å². The molecule has 0 bridgehead atoms. The third-order valence-electron chi connectivity index (χ3n) is 4.30. The monoisotopic (exact) mass is 363 g/mol. The number of hydrogen-bond donors (Lipinski definition) is 2. The summed E-state index contributed by atoms with van der Waals surface area (Å²) < 4.78 is 1.79. The number of aromatic carboxylic acids is 1. The van der Waals surface area contributed by atoms with Gasteiger partial charge in [0, 0.05) is 37.6 Å². The lowest BCUT2D eigenvalue weighted by atomic mass is 9.96. The van der Waals surface area contributed by atoms with Gasteiger partial charge in [0.25, 0.3) is 0 Å². The summed E-state index contributed by atoms with van der Waals surface area (Å²) in [7, 11) is 0. The first kappa shape index (κ1) is 17.2. The fourth-order valence-electron chi connectivity index (χ4n) is 3.11. The smallest absolute Gasteiger partial charge is 0.337 e. The minimum Gasteiger partial charge on any atom is -0.478 e. The Hall–Kier alpha value is -2.61. The van der Waals surface area contributed by atoms with Gasteiger partial charge in [-0.25, -0.2) is 14.8 Å². The van der Waals surface area contributed by atoms with Gasteiger partial charge in [-0.2, -0.15) is 0 Å². The van der Waals surface area contributed by atoms with Gasteiger partial charge in [0.1, 0.15) is 18.2 Å². The topological polar surface area (TPSA) is 114 Å². The van der Waals surface area contributed by atoms with Crippen LogP contribution in [0.2, 0.25) is 5.02 Å². The zero-order chi connectivity index (χ0) is 18.0. The number of carboxylic acids is 1. The zero-order valence-corrected chi connectivity index (χ0v) is 14.2. The molecular weight excluding hydrogens is 346 g/mol. The molecule has 3 N–H and O–H groups in total. The molecule has 1 aliphatic heterocycles. The van der Waals surface area contributed by atoms with E-state index in [1.165, 1.54) is 12.3 Å². The number of anilines is 1. The Labute approximate surface area is 149 Å². The Morgan fingerprint density at radius 1 is 1.32 bits per heavy atom. The zero-order valence-electron chi connectivity index (χ0n) is 13.4. The van der Waals surface area contributed by atoms with E-state index in [0.717, 1.165) is 18.7 Å². The number of amides is 1. The van der Waals surface area contributed by atoms with Gasteiger partial charge < -0.3 is 20.3 Å². The van der Waals surface area contributed by atoms with Crippen LogP contribution in [0.5, 0.6) is 0 Å². The molecule has 132 valence electrons. The summed E-state index contributed by atoms with van der Waals surface area (Å²) >= 11 is 6.19. The number of nitrogens with zero attached hydrogens (tertiary/aromatic N) is 4. The highest BCUT2D eigenvalue weighted by molar-refractivity contribution is 6.33. The van der Waals surface area contributed by atoms with Gasteiger partial charge in [-0.15, -0.1) is 0 Å². The lowest BCUT2D eigenvalue weighted by molar-refractivity contribution is -0.118. The molecule has 1 fully saturated rings. The Bertz CT molecular complexity index is 799. The lowest BCUT2D eigenvalue weighted by Crippen LogP contribution is -2.34. The number of piperidine rings is 1. The second-order valence-electron chi connectivity index (χ2n) is 5.98. The van der Waals surface area contributed by atoms with Crippen LogP contribution >= 0.6 is 11.6 Å². The number of carbonyl (C=O) groups excluding carboxylic acids is 1. The van der Waals surface area contributed by atoms with E-state index in [1.54, 1.807) is 17.0 Å². The quantitative estimate of drug-likeness (QED) is 0.831. The standard InChI is InChI=1S/C16H18ClN5O3/c17-12-7-11(16(24)25)8-20-15(12)21-4-1-10(2-5-21)14-19-3-6-22(14)9-13(18)23/h3,6-8,10H,1-2,4-5,9H2,(H2,18,23)(H,24,25). The number of pyridine rings is 1. The fraction of sp³-hybridized carbons (Fsp3) is 0.375. The minimum atomic E-state index is -1.05. The highest BCUT2D eigenvalue weighted by atomic mass is 35.5. The van der Waals surface area contributed by atoms with Crippen molar-refractivity contribution in [2.45, 2.75) is 25.3 Å². The number of halogens is 1. The van der Waals surface area contributed by atoms with E-state index >= 15 is 0 Å². The van der Waals surface area contributed by atoms with E-state index in [9.17, 15) is 9.59 Å². The van der Waals surface area contributed by atoms with Crippen LogP contribution in [-0.4, -0.2) is 44.6 Å². The van der Waals surface area contributed by atoms with Crippen molar-refractivity contribution in [2.75, 3.05) is 18.0 Å². The summed E-state index contributed by atoms with van der Waals surface area (Å²) in [5.74, 6) is 0.221. The predicted octanol–water partition coefficient (Wildman–Crippen LogP) is 1.50. The number of imidazole rings is 1. The van der Waals surface area contributed by atoms with Gasteiger partial charge >= 0.3 is 5.97 Å². The first-order valence-electron chi connectivity index (χ1n) is 7.89. The first-order valence-corrected chi connectivity index (χ1v) is 8.26. The van der Waals surface area contributed by atoms with Crippen molar-refractivity contribution >= 4 is 29.3 Å². The molecule has 0 aromatic carbocycles. The summed E-state index contributed by atoms with van der Waals surface area (Å²) in [5.41, 5.74) is 5.34. The Kier molecular flexibility index (Phi) is 4.89. The summed E-state index contributed by atoms with van der Waals surface area (Å²) in [5, 5.41) is 9.31. The molecule has 25 heavy (non-hydrogen) atoms. The molecular formula is C16H18ClN5O3. The van der Waals surface area contributed by atoms with Crippen molar-refractivity contribution in [3.63, 3.8) is 0 Å². The van der Waals surface area contributed by atoms with Gasteiger partial charge in [0.05, 0.1) is 10.6 Å². The second kappa shape index (κ2) is 7.10. The Morgan fingerprint density at radius 3 is 2.64 bits per heavy atom. The van der Waals surface area contributed by atoms with E-state index in [4.69, 9.17) is 22.4 Å².